The molecule has 23 heavy (non-hydrogen) atoms. The number of anilines is 1. The predicted octanol–water partition coefficient (Wildman–Crippen LogP) is 3.47. The first-order valence-corrected chi connectivity index (χ1v) is 7.35. The number of hydrogen-bond acceptors (Lipinski definition) is 3. The average Bonchev–Trinajstić information content (AvgIpc) is 2.88. The molecule has 0 spiro atoms. The highest BCUT2D eigenvalue weighted by Gasteiger charge is 2.25. The third kappa shape index (κ3) is 2.89. The van der Waals surface area contributed by atoms with Gasteiger partial charge in [-0.15, -0.1) is 0 Å². The quantitative estimate of drug-likeness (QED) is 0.802. The van der Waals surface area contributed by atoms with Crippen LogP contribution in [0, 0.1) is 11.3 Å². The number of nitrogens with zero attached hydrogens (tertiary/aromatic N) is 3. The standard InChI is InChI=1S/C17H13ClN4O/c1-22-15-5-3-2-4-14(15)21-16(22)13(10-19)17(23)20-12-8-6-11(18)7-9-12/h2-9,13H,1H3,(H,20,23). The Hall–Kier alpha value is -2.84. The van der Waals surface area contributed by atoms with Crippen LogP contribution in [0.25, 0.3) is 11.0 Å². The first kappa shape index (κ1) is 15.1. The maximum atomic E-state index is 12.4. The van der Waals surface area contributed by atoms with E-state index >= 15 is 0 Å². The molecule has 0 radical (unpaired) electrons. The Balaban J connectivity index is 1.92. The third-order valence-corrected chi connectivity index (χ3v) is 3.83. The van der Waals surface area contributed by atoms with Gasteiger partial charge in [0, 0.05) is 17.8 Å². The normalized spacial score (nSPS) is 11.9. The summed E-state index contributed by atoms with van der Waals surface area (Å²) in [6.45, 7) is 0. The van der Waals surface area contributed by atoms with E-state index in [0.29, 0.717) is 16.5 Å². The van der Waals surface area contributed by atoms with Gasteiger partial charge in [-0.1, -0.05) is 23.7 Å². The maximum Gasteiger partial charge on any atom is 0.249 e. The Bertz CT molecular complexity index is 908. The highest BCUT2D eigenvalue weighted by atomic mass is 35.5. The molecule has 0 aliphatic rings. The SMILES string of the molecule is Cn1c(C(C#N)C(=O)Nc2ccc(Cl)cc2)nc2ccccc21. The molecule has 2 aromatic carbocycles. The summed E-state index contributed by atoms with van der Waals surface area (Å²) in [6, 6.07) is 16.3. The molecule has 0 aliphatic carbocycles. The van der Waals surface area contributed by atoms with Gasteiger partial charge < -0.3 is 9.88 Å². The number of hydrogen-bond donors (Lipinski definition) is 1. The zero-order chi connectivity index (χ0) is 16.4. The van der Waals surface area contributed by atoms with Gasteiger partial charge in [0.05, 0.1) is 17.1 Å². The van der Waals surface area contributed by atoms with E-state index in [4.69, 9.17) is 11.6 Å². The fraction of sp³-hybridized carbons (Fsp3) is 0.118. The summed E-state index contributed by atoms with van der Waals surface area (Å²) in [6.07, 6.45) is 0. The molecule has 1 atom stereocenters. The van der Waals surface area contributed by atoms with Crippen molar-refractivity contribution in [2.24, 2.45) is 7.05 Å². The lowest BCUT2D eigenvalue weighted by Gasteiger charge is -2.10. The van der Waals surface area contributed by atoms with Crippen LogP contribution >= 0.6 is 11.6 Å². The number of carbonyl (C=O) groups is 1. The smallest absolute Gasteiger partial charge is 0.249 e. The Morgan fingerprint density at radius 1 is 1.26 bits per heavy atom. The van der Waals surface area contributed by atoms with Gasteiger partial charge in [0.25, 0.3) is 0 Å². The van der Waals surface area contributed by atoms with Crippen LogP contribution in [0.5, 0.6) is 0 Å². The van der Waals surface area contributed by atoms with Gasteiger partial charge in [0.2, 0.25) is 5.91 Å². The lowest BCUT2D eigenvalue weighted by Crippen LogP contribution is -2.22. The van der Waals surface area contributed by atoms with Crippen molar-refractivity contribution in [3.63, 3.8) is 0 Å². The van der Waals surface area contributed by atoms with Crippen LogP contribution in [0.1, 0.15) is 11.7 Å². The second-order valence-corrected chi connectivity index (χ2v) is 5.51. The number of imidazole rings is 1. The van der Waals surface area contributed by atoms with Crippen molar-refractivity contribution in [1.82, 2.24) is 9.55 Å². The number of amides is 1. The second-order valence-electron chi connectivity index (χ2n) is 5.08. The Morgan fingerprint density at radius 3 is 2.61 bits per heavy atom. The predicted molar refractivity (Wildman–Crippen MR) is 89.1 cm³/mol. The number of aromatic nitrogens is 2. The first-order chi connectivity index (χ1) is 11.1. The molecule has 6 heteroatoms. The number of nitriles is 1. The highest BCUT2D eigenvalue weighted by molar-refractivity contribution is 6.30. The average molecular weight is 325 g/mol. The fourth-order valence-electron chi connectivity index (χ4n) is 2.40. The molecule has 1 amide bonds. The largest absolute Gasteiger partial charge is 0.330 e. The molecule has 0 fully saturated rings. The molecular formula is C17H13ClN4O. The summed E-state index contributed by atoms with van der Waals surface area (Å²) in [4.78, 5) is 16.9. The number of benzene rings is 2. The third-order valence-electron chi connectivity index (χ3n) is 3.58. The number of nitrogens with one attached hydrogen (secondary N) is 1. The second kappa shape index (κ2) is 6.11. The van der Waals surface area contributed by atoms with Crippen molar-refractivity contribution >= 4 is 34.2 Å². The maximum absolute atomic E-state index is 12.4. The topological polar surface area (TPSA) is 70.7 Å². The lowest BCUT2D eigenvalue weighted by molar-refractivity contribution is -0.116. The zero-order valence-electron chi connectivity index (χ0n) is 12.3. The minimum Gasteiger partial charge on any atom is -0.330 e. The summed E-state index contributed by atoms with van der Waals surface area (Å²) < 4.78 is 1.77. The molecule has 0 saturated heterocycles. The molecule has 0 saturated carbocycles. The number of carbonyl (C=O) groups excluding carboxylic acids is 1. The van der Waals surface area contributed by atoms with Crippen LogP contribution in [-0.2, 0) is 11.8 Å². The number of para-hydroxylation sites is 2. The Morgan fingerprint density at radius 2 is 1.96 bits per heavy atom. The lowest BCUT2D eigenvalue weighted by atomic mass is 10.1. The summed E-state index contributed by atoms with van der Waals surface area (Å²) >= 11 is 5.82. The zero-order valence-corrected chi connectivity index (χ0v) is 13.1. The highest BCUT2D eigenvalue weighted by Crippen LogP contribution is 2.22. The van der Waals surface area contributed by atoms with Crippen LogP contribution in [-0.4, -0.2) is 15.5 Å². The van der Waals surface area contributed by atoms with Crippen molar-refractivity contribution in [2.45, 2.75) is 5.92 Å². The van der Waals surface area contributed by atoms with Crippen molar-refractivity contribution in [2.75, 3.05) is 5.32 Å². The Labute approximate surface area is 138 Å². The summed E-state index contributed by atoms with van der Waals surface area (Å²) in [7, 11) is 1.80. The molecule has 0 bridgehead atoms. The van der Waals surface area contributed by atoms with Crippen molar-refractivity contribution in [1.29, 1.82) is 5.26 Å². The van der Waals surface area contributed by atoms with Crippen LogP contribution in [0.2, 0.25) is 5.02 Å². The molecule has 114 valence electrons. The molecule has 1 aromatic heterocycles. The summed E-state index contributed by atoms with van der Waals surface area (Å²) in [5.41, 5.74) is 2.21. The van der Waals surface area contributed by atoms with Gasteiger partial charge in [-0.3, -0.25) is 4.79 Å². The van der Waals surface area contributed by atoms with E-state index in [-0.39, 0.29) is 0 Å². The molecule has 5 nitrogen and oxygen atoms in total. The number of halogens is 1. The van der Waals surface area contributed by atoms with E-state index in [9.17, 15) is 10.1 Å². The van der Waals surface area contributed by atoms with Crippen LogP contribution < -0.4 is 5.32 Å². The molecule has 1 unspecified atom stereocenters. The minimum absolute atomic E-state index is 0.417. The van der Waals surface area contributed by atoms with E-state index in [1.807, 2.05) is 30.3 Å². The van der Waals surface area contributed by atoms with Crippen LogP contribution in [0.15, 0.2) is 48.5 Å². The van der Waals surface area contributed by atoms with Crippen LogP contribution in [0.3, 0.4) is 0 Å². The van der Waals surface area contributed by atoms with Gasteiger partial charge in [-0.2, -0.15) is 5.26 Å². The van der Waals surface area contributed by atoms with Gasteiger partial charge in [-0.25, -0.2) is 4.98 Å². The van der Waals surface area contributed by atoms with Crippen molar-refractivity contribution < 1.29 is 4.79 Å². The number of rotatable bonds is 3. The van der Waals surface area contributed by atoms with E-state index < -0.39 is 11.8 Å². The molecular weight excluding hydrogens is 312 g/mol. The van der Waals surface area contributed by atoms with Gasteiger partial charge in [0.15, 0.2) is 5.92 Å². The number of aryl methyl sites for hydroxylation is 1. The van der Waals surface area contributed by atoms with E-state index in [2.05, 4.69) is 10.3 Å². The van der Waals surface area contributed by atoms with E-state index in [1.54, 1.807) is 35.9 Å². The number of fused-ring (bicyclic) bond motifs is 1. The molecule has 0 aliphatic heterocycles. The molecule has 3 aromatic rings. The summed E-state index contributed by atoms with van der Waals surface area (Å²) in [5, 5.41) is 12.7. The molecule has 1 N–H and O–H groups in total. The van der Waals surface area contributed by atoms with Crippen LogP contribution in [0.4, 0.5) is 5.69 Å². The van der Waals surface area contributed by atoms with E-state index in [0.717, 1.165) is 11.0 Å². The first-order valence-electron chi connectivity index (χ1n) is 6.97. The van der Waals surface area contributed by atoms with Crippen molar-refractivity contribution in [3.05, 3.63) is 59.4 Å². The fourth-order valence-corrected chi connectivity index (χ4v) is 2.53. The van der Waals surface area contributed by atoms with Gasteiger partial charge in [-0.05, 0) is 36.4 Å². The van der Waals surface area contributed by atoms with Crippen molar-refractivity contribution in [3.8, 4) is 6.07 Å². The minimum atomic E-state index is -0.997. The molecule has 3 rings (SSSR count). The van der Waals surface area contributed by atoms with Gasteiger partial charge in [0.1, 0.15) is 5.82 Å². The monoisotopic (exact) mass is 324 g/mol. The molecule has 1 heterocycles. The summed E-state index contributed by atoms with van der Waals surface area (Å²) in [5.74, 6) is -1.00. The van der Waals surface area contributed by atoms with E-state index in [1.165, 1.54) is 0 Å². The van der Waals surface area contributed by atoms with Gasteiger partial charge >= 0.3 is 0 Å². The Kier molecular flexibility index (Phi) is 4.00.